The molecule has 0 bridgehead atoms. The Hall–Kier alpha value is -1.29. The summed E-state index contributed by atoms with van der Waals surface area (Å²) >= 11 is 0. The molecular weight excluding hydrogens is 729 g/mol. The van der Waals surface area contributed by atoms with Crippen LogP contribution in [0.15, 0.2) is 12.2 Å². The summed E-state index contributed by atoms with van der Waals surface area (Å²) in [5.41, 5.74) is 5.36. The van der Waals surface area contributed by atoms with Crippen LogP contribution in [0.3, 0.4) is 0 Å². The lowest BCUT2D eigenvalue weighted by Crippen LogP contribution is -2.34. The number of unbranched alkanes of at least 4 members (excludes halogenated alkanes) is 29. The van der Waals surface area contributed by atoms with Crippen molar-refractivity contribution in [1.29, 1.82) is 0 Å². The molecule has 4 N–H and O–H groups in total. The van der Waals surface area contributed by atoms with Crippen molar-refractivity contribution in [3.8, 4) is 0 Å². The predicted molar refractivity (Wildman–Crippen MR) is 231 cm³/mol. The summed E-state index contributed by atoms with van der Waals surface area (Å²) in [6, 6.07) is -1.47. The van der Waals surface area contributed by atoms with Crippen LogP contribution in [0.1, 0.15) is 226 Å². The van der Waals surface area contributed by atoms with Gasteiger partial charge in [-0.05, 0) is 32.1 Å². The first kappa shape index (κ1) is 54.7. The standard InChI is InChI=1S/C45H88NO9P/c1-3-5-7-9-11-13-15-17-18-19-20-21-22-23-24-25-26-27-29-31-33-35-37-44(47)55-42(40-53-56(50,51)54-41-43(46)45(48)49)39-52-38-36-34-32-30-28-16-14-12-10-8-6-4-2/h10,12,42-43H,3-9,11,13-41,46H2,1-2H3,(H,48,49)(H,50,51)/b12-10-. The van der Waals surface area contributed by atoms with Crippen LogP contribution in [-0.4, -0.2) is 60.5 Å². The van der Waals surface area contributed by atoms with E-state index in [9.17, 15) is 19.0 Å². The van der Waals surface area contributed by atoms with Gasteiger partial charge < -0.3 is 25.2 Å². The van der Waals surface area contributed by atoms with Gasteiger partial charge in [-0.2, -0.15) is 0 Å². The van der Waals surface area contributed by atoms with E-state index in [2.05, 4.69) is 26.0 Å². The van der Waals surface area contributed by atoms with Gasteiger partial charge in [-0.1, -0.05) is 199 Å². The normalized spacial score (nSPS) is 13.9. The summed E-state index contributed by atoms with van der Waals surface area (Å²) in [5, 5.41) is 8.89. The van der Waals surface area contributed by atoms with Crippen LogP contribution in [0, 0.1) is 0 Å². The molecular formula is C45H88NO9P. The molecule has 56 heavy (non-hydrogen) atoms. The monoisotopic (exact) mass is 818 g/mol. The van der Waals surface area contributed by atoms with E-state index in [-0.39, 0.29) is 13.0 Å². The van der Waals surface area contributed by atoms with E-state index in [0.29, 0.717) is 6.61 Å². The number of carbonyl (C=O) groups excluding carboxylic acids is 1. The Bertz CT molecular complexity index is 951. The Morgan fingerprint density at radius 1 is 0.554 bits per heavy atom. The Balaban J connectivity index is 4.09. The van der Waals surface area contributed by atoms with E-state index < -0.39 is 45.1 Å². The van der Waals surface area contributed by atoms with Gasteiger partial charge in [-0.25, -0.2) is 4.57 Å². The molecule has 0 saturated heterocycles. The minimum Gasteiger partial charge on any atom is -0.480 e. The van der Waals surface area contributed by atoms with Crippen molar-refractivity contribution < 1.29 is 42.7 Å². The smallest absolute Gasteiger partial charge is 0.472 e. The molecule has 0 radical (unpaired) electrons. The first-order chi connectivity index (χ1) is 27.2. The number of nitrogens with two attached hydrogens (primary N) is 1. The highest BCUT2D eigenvalue weighted by molar-refractivity contribution is 7.47. The Morgan fingerprint density at radius 3 is 1.41 bits per heavy atom. The maximum absolute atomic E-state index is 12.6. The zero-order valence-corrected chi connectivity index (χ0v) is 37.1. The van der Waals surface area contributed by atoms with E-state index in [1.165, 1.54) is 161 Å². The number of allylic oxidation sites excluding steroid dienone is 2. The minimum absolute atomic E-state index is 0.0180. The quantitative estimate of drug-likeness (QED) is 0.0234. The molecule has 0 fully saturated rings. The van der Waals surface area contributed by atoms with Crippen LogP contribution in [0.2, 0.25) is 0 Å². The summed E-state index contributed by atoms with van der Waals surface area (Å²) in [4.78, 5) is 33.5. The average molecular weight is 818 g/mol. The largest absolute Gasteiger partial charge is 0.480 e. The number of phosphoric acid groups is 1. The van der Waals surface area contributed by atoms with E-state index in [1.54, 1.807) is 0 Å². The lowest BCUT2D eigenvalue weighted by Gasteiger charge is -2.20. The number of phosphoric ester groups is 1. The summed E-state index contributed by atoms with van der Waals surface area (Å²) < 4.78 is 33.4. The molecule has 0 aromatic rings. The van der Waals surface area contributed by atoms with Crippen molar-refractivity contribution in [2.24, 2.45) is 5.73 Å². The Labute approximate surface area is 343 Å². The molecule has 0 aliphatic carbocycles. The minimum atomic E-state index is -4.61. The van der Waals surface area contributed by atoms with E-state index in [4.69, 9.17) is 29.4 Å². The Morgan fingerprint density at radius 2 is 0.946 bits per heavy atom. The van der Waals surface area contributed by atoms with Gasteiger partial charge in [0.25, 0.3) is 0 Å². The molecule has 10 nitrogen and oxygen atoms in total. The number of rotatable bonds is 45. The van der Waals surface area contributed by atoms with Crippen LogP contribution in [0.4, 0.5) is 0 Å². The summed E-state index contributed by atoms with van der Waals surface area (Å²) in [7, 11) is -4.61. The molecule has 332 valence electrons. The van der Waals surface area contributed by atoms with Crippen molar-refractivity contribution >= 4 is 19.8 Å². The number of carboxylic acids is 1. The fraction of sp³-hybridized carbons (Fsp3) is 0.911. The van der Waals surface area contributed by atoms with Gasteiger partial charge in [0, 0.05) is 13.0 Å². The maximum atomic E-state index is 12.6. The number of carboxylic acid groups (broad SMARTS) is 1. The van der Waals surface area contributed by atoms with Crippen LogP contribution >= 0.6 is 7.82 Å². The highest BCUT2D eigenvalue weighted by Crippen LogP contribution is 2.43. The molecule has 3 unspecified atom stereocenters. The highest BCUT2D eigenvalue weighted by Gasteiger charge is 2.27. The molecule has 0 amide bonds. The van der Waals surface area contributed by atoms with E-state index in [1.807, 2.05) is 0 Å². The van der Waals surface area contributed by atoms with Crippen molar-refractivity contribution in [2.75, 3.05) is 26.4 Å². The lowest BCUT2D eigenvalue weighted by molar-refractivity contribution is -0.154. The predicted octanol–water partition coefficient (Wildman–Crippen LogP) is 12.9. The van der Waals surface area contributed by atoms with Crippen molar-refractivity contribution in [3.63, 3.8) is 0 Å². The van der Waals surface area contributed by atoms with Crippen LogP contribution in [0.5, 0.6) is 0 Å². The highest BCUT2D eigenvalue weighted by atomic mass is 31.2. The number of aliphatic carboxylic acids is 1. The van der Waals surface area contributed by atoms with Gasteiger partial charge in [-0.3, -0.25) is 18.6 Å². The SMILES string of the molecule is CCCC/C=C\CCCCCCCCOCC(COP(=O)(O)OCC(N)C(=O)O)OC(=O)CCCCCCCCCCCCCCCCCCCCCCCC. The number of ether oxygens (including phenoxy) is 2. The second-order valence-corrected chi connectivity index (χ2v) is 17.3. The number of carbonyl (C=O) groups is 2. The van der Waals surface area contributed by atoms with Crippen LogP contribution in [-0.2, 0) is 32.7 Å². The second kappa shape index (κ2) is 41.9. The van der Waals surface area contributed by atoms with Crippen molar-refractivity contribution in [2.45, 2.75) is 238 Å². The third-order valence-corrected chi connectivity index (χ3v) is 11.2. The molecule has 0 aliphatic heterocycles. The second-order valence-electron chi connectivity index (χ2n) is 15.9. The molecule has 3 atom stereocenters. The van der Waals surface area contributed by atoms with Gasteiger partial charge in [0.15, 0.2) is 0 Å². The topological polar surface area (TPSA) is 155 Å². The molecule has 0 rings (SSSR count). The average Bonchev–Trinajstić information content (AvgIpc) is 3.18. The van der Waals surface area contributed by atoms with Crippen molar-refractivity contribution in [1.82, 2.24) is 0 Å². The first-order valence-corrected chi connectivity index (χ1v) is 24.7. The van der Waals surface area contributed by atoms with Crippen LogP contribution in [0.25, 0.3) is 0 Å². The molecule has 0 aromatic heterocycles. The third-order valence-electron chi connectivity index (χ3n) is 10.3. The molecule has 0 heterocycles. The van der Waals surface area contributed by atoms with Crippen LogP contribution < -0.4 is 5.73 Å². The van der Waals surface area contributed by atoms with Crippen molar-refractivity contribution in [3.05, 3.63) is 12.2 Å². The maximum Gasteiger partial charge on any atom is 0.472 e. The molecule has 0 saturated carbocycles. The summed E-state index contributed by atoms with van der Waals surface area (Å²) in [6.45, 7) is 3.87. The zero-order valence-electron chi connectivity index (χ0n) is 36.2. The summed E-state index contributed by atoms with van der Waals surface area (Å²) in [6.07, 6.45) is 44.1. The summed E-state index contributed by atoms with van der Waals surface area (Å²) in [5.74, 6) is -1.77. The number of hydrogen-bond donors (Lipinski definition) is 3. The fourth-order valence-corrected chi connectivity index (χ4v) is 7.42. The van der Waals surface area contributed by atoms with E-state index >= 15 is 0 Å². The lowest BCUT2D eigenvalue weighted by atomic mass is 10.0. The number of esters is 1. The first-order valence-electron chi connectivity index (χ1n) is 23.2. The Kier molecular flexibility index (Phi) is 40.9. The number of hydrogen-bond acceptors (Lipinski definition) is 8. The molecule has 0 aromatic carbocycles. The fourth-order valence-electron chi connectivity index (χ4n) is 6.65. The van der Waals surface area contributed by atoms with Gasteiger partial charge in [0.2, 0.25) is 0 Å². The van der Waals surface area contributed by atoms with Gasteiger partial charge in [0.05, 0.1) is 19.8 Å². The van der Waals surface area contributed by atoms with Gasteiger partial charge >= 0.3 is 19.8 Å². The van der Waals surface area contributed by atoms with Gasteiger partial charge in [-0.15, -0.1) is 0 Å². The molecule has 0 aliphatic rings. The molecule has 0 spiro atoms. The van der Waals surface area contributed by atoms with E-state index in [0.717, 1.165) is 44.9 Å². The van der Waals surface area contributed by atoms with Gasteiger partial charge in [0.1, 0.15) is 12.1 Å². The zero-order chi connectivity index (χ0) is 41.2. The molecule has 11 heteroatoms. The third kappa shape index (κ3) is 40.9.